The molecule has 1 saturated carbocycles. The molecule has 3 heteroatoms. The highest BCUT2D eigenvalue weighted by Gasteiger charge is 2.56. The average Bonchev–Trinajstić information content (AvgIpc) is 2.54. The van der Waals surface area contributed by atoms with Gasteiger partial charge < -0.3 is 15.9 Å². The summed E-state index contributed by atoms with van der Waals surface area (Å²) in [6, 6.07) is 4.77. The molecule has 1 fully saturated rings. The van der Waals surface area contributed by atoms with Crippen molar-refractivity contribution < 1.29 is 10.2 Å². The van der Waals surface area contributed by atoms with Crippen LogP contribution in [-0.2, 0) is 0 Å². The fraction of sp³-hybridized carbons (Fsp3) is 0.455. The van der Waals surface area contributed by atoms with Gasteiger partial charge in [-0.2, -0.15) is 0 Å². The standard InChI is InChI=1S/C11H15NO2/c1-11(2)9(10(11)12)7-4-3-6(13)5-8(7)14/h3-5,9-10,13-14H,12H2,1-2H3/t9-,10-/m0/s1. The van der Waals surface area contributed by atoms with E-state index in [1.807, 2.05) is 0 Å². The topological polar surface area (TPSA) is 66.5 Å². The van der Waals surface area contributed by atoms with Gasteiger partial charge in [-0.3, -0.25) is 0 Å². The molecule has 0 saturated heterocycles. The number of aromatic hydroxyl groups is 2. The molecule has 0 heterocycles. The SMILES string of the molecule is CC1(C)[C@@H](N)[C@@H]1c1ccc(O)cc1O. The Balaban J connectivity index is 2.36. The first kappa shape index (κ1) is 9.34. The summed E-state index contributed by atoms with van der Waals surface area (Å²) < 4.78 is 0. The Morgan fingerprint density at radius 2 is 1.86 bits per heavy atom. The summed E-state index contributed by atoms with van der Waals surface area (Å²) in [5, 5.41) is 18.8. The van der Waals surface area contributed by atoms with Crippen molar-refractivity contribution >= 4 is 0 Å². The molecule has 0 unspecified atom stereocenters. The van der Waals surface area contributed by atoms with Gasteiger partial charge in [-0.1, -0.05) is 19.9 Å². The average molecular weight is 193 g/mol. The Bertz CT molecular complexity index is 374. The van der Waals surface area contributed by atoms with E-state index in [1.54, 1.807) is 12.1 Å². The fourth-order valence-corrected chi connectivity index (χ4v) is 2.07. The predicted molar refractivity (Wildman–Crippen MR) is 54.3 cm³/mol. The Hall–Kier alpha value is -1.22. The maximum atomic E-state index is 9.64. The smallest absolute Gasteiger partial charge is 0.122 e. The zero-order valence-electron chi connectivity index (χ0n) is 8.36. The van der Waals surface area contributed by atoms with Crippen LogP contribution < -0.4 is 5.73 Å². The quantitative estimate of drug-likeness (QED) is 0.634. The Labute approximate surface area is 83.2 Å². The summed E-state index contributed by atoms with van der Waals surface area (Å²) in [7, 11) is 0. The van der Waals surface area contributed by atoms with E-state index < -0.39 is 0 Å². The minimum Gasteiger partial charge on any atom is -0.508 e. The van der Waals surface area contributed by atoms with E-state index in [2.05, 4.69) is 13.8 Å². The molecular formula is C11H15NO2. The molecule has 0 aromatic heterocycles. The van der Waals surface area contributed by atoms with Gasteiger partial charge in [0.05, 0.1) is 0 Å². The van der Waals surface area contributed by atoms with Crippen LogP contribution >= 0.6 is 0 Å². The van der Waals surface area contributed by atoms with Gasteiger partial charge in [0.25, 0.3) is 0 Å². The predicted octanol–water partition coefficient (Wildman–Crippen LogP) is 1.55. The highest BCUT2D eigenvalue weighted by molar-refractivity contribution is 5.46. The number of phenols is 2. The first-order valence-corrected chi connectivity index (χ1v) is 4.72. The lowest BCUT2D eigenvalue weighted by molar-refractivity contribution is 0.443. The van der Waals surface area contributed by atoms with Crippen molar-refractivity contribution in [2.75, 3.05) is 0 Å². The van der Waals surface area contributed by atoms with Crippen LogP contribution in [0.2, 0.25) is 0 Å². The minimum absolute atomic E-state index is 0.0501. The number of benzene rings is 1. The van der Waals surface area contributed by atoms with E-state index in [9.17, 15) is 5.11 Å². The van der Waals surface area contributed by atoms with Crippen molar-refractivity contribution in [1.29, 1.82) is 0 Å². The van der Waals surface area contributed by atoms with Crippen molar-refractivity contribution in [1.82, 2.24) is 0 Å². The molecule has 2 rings (SSSR count). The lowest BCUT2D eigenvalue weighted by Crippen LogP contribution is -2.06. The molecule has 1 aliphatic rings. The third-order valence-corrected chi connectivity index (χ3v) is 3.26. The molecule has 1 aromatic carbocycles. The third kappa shape index (κ3) is 1.16. The molecule has 0 bridgehead atoms. The van der Waals surface area contributed by atoms with Gasteiger partial charge in [0.1, 0.15) is 11.5 Å². The molecule has 76 valence electrons. The summed E-state index contributed by atoms with van der Waals surface area (Å²) in [5.74, 6) is 0.414. The summed E-state index contributed by atoms with van der Waals surface area (Å²) in [6.07, 6.45) is 0. The van der Waals surface area contributed by atoms with Crippen LogP contribution in [0.15, 0.2) is 18.2 Å². The van der Waals surface area contributed by atoms with Crippen LogP contribution in [0, 0.1) is 5.41 Å². The van der Waals surface area contributed by atoms with E-state index in [1.165, 1.54) is 6.07 Å². The van der Waals surface area contributed by atoms with Gasteiger partial charge in [0.15, 0.2) is 0 Å². The number of hydrogen-bond acceptors (Lipinski definition) is 3. The molecule has 0 aliphatic heterocycles. The molecule has 4 N–H and O–H groups in total. The highest BCUT2D eigenvalue weighted by atomic mass is 16.3. The maximum Gasteiger partial charge on any atom is 0.122 e. The monoisotopic (exact) mass is 193 g/mol. The lowest BCUT2D eigenvalue weighted by atomic mass is 10.0. The number of rotatable bonds is 1. The molecule has 14 heavy (non-hydrogen) atoms. The first-order chi connectivity index (χ1) is 6.44. The van der Waals surface area contributed by atoms with E-state index in [0.717, 1.165) is 5.56 Å². The highest BCUT2D eigenvalue weighted by Crippen LogP contribution is 2.59. The van der Waals surface area contributed by atoms with Gasteiger partial charge in [-0.05, 0) is 17.0 Å². The molecular weight excluding hydrogens is 178 g/mol. The van der Waals surface area contributed by atoms with Crippen LogP contribution in [0.5, 0.6) is 11.5 Å². The van der Waals surface area contributed by atoms with Gasteiger partial charge in [0, 0.05) is 18.0 Å². The number of nitrogens with two attached hydrogens (primary N) is 1. The van der Waals surface area contributed by atoms with Gasteiger partial charge in [-0.15, -0.1) is 0 Å². The molecule has 1 aromatic rings. The van der Waals surface area contributed by atoms with Crippen LogP contribution in [0.3, 0.4) is 0 Å². The number of hydrogen-bond donors (Lipinski definition) is 3. The molecule has 0 amide bonds. The minimum atomic E-state index is 0.0501. The van der Waals surface area contributed by atoms with Gasteiger partial charge >= 0.3 is 0 Å². The van der Waals surface area contributed by atoms with Crippen molar-refractivity contribution in [2.45, 2.75) is 25.8 Å². The summed E-state index contributed by atoms with van der Waals surface area (Å²) in [6.45, 7) is 4.16. The summed E-state index contributed by atoms with van der Waals surface area (Å²) in [4.78, 5) is 0. The zero-order valence-corrected chi connectivity index (χ0v) is 8.36. The first-order valence-electron chi connectivity index (χ1n) is 4.72. The number of phenolic OH excluding ortho intramolecular Hbond substituents is 2. The van der Waals surface area contributed by atoms with Crippen molar-refractivity contribution in [2.24, 2.45) is 11.1 Å². The van der Waals surface area contributed by atoms with Crippen LogP contribution in [0.1, 0.15) is 25.3 Å². The van der Waals surface area contributed by atoms with Crippen LogP contribution in [0.25, 0.3) is 0 Å². The Morgan fingerprint density at radius 1 is 1.29 bits per heavy atom. The van der Waals surface area contributed by atoms with E-state index in [4.69, 9.17) is 10.8 Å². The van der Waals surface area contributed by atoms with Crippen molar-refractivity contribution in [3.05, 3.63) is 23.8 Å². The van der Waals surface area contributed by atoms with Gasteiger partial charge in [-0.25, -0.2) is 0 Å². The molecule has 1 aliphatic carbocycles. The second-order valence-electron chi connectivity index (χ2n) is 4.57. The second-order valence-corrected chi connectivity index (χ2v) is 4.57. The van der Waals surface area contributed by atoms with Crippen LogP contribution in [0.4, 0.5) is 0 Å². The molecule has 2 atom stereocenters. The van der Waals surface area contributed by atoms with E-state index in [0.29, 0.717) is 0 Å². The Kier molecular flexibility index (Phi) is 1.76. The third-order valence-electron chi connectivity index (χ3n) is 3.26. The van der Waals surface area contributed by atoms with Crippen molar-refractivity contribution in [3.63, 3.8) is 0 Å². The second kappa shape index (κ2) is 2.64. The summed E-state index contributed by atoms with van der Waals surface area (Å²) in [5.41, 5.74) is 6.79. The Morgan fingerprint density at radius 3 is 2.29 bits per heavy atom. The summed E-state index contributed by atoms with van der Waals surface area (Å²) >= 11 is 0. The lowest BCUT2D eigenvalue weighted by Gasteiger charge is -2.05. The van der Waals surface area contributed by atoms with Gasteiger partial charge in [0.2, 0.25) is 0 Å². The van der Waals surface area contributed by atoms with Crippen LogP contribution in [-0.4, -0.2) is 16.3 Å². The fourth-order valence-electron chi connectivity index (χ4n) is 2.07. The normalized spacial score (nSPS) is 28.8. The largest absolute Gasteiger partial charge is 0.508 e. The maximum absolute atomic E-state index is 9.64. The zero-order chi connectivity index (χ0) is 10.5. The van der Waals surface area contributed by atoms with Crippen molar-refractivity contribution in [3.8, 4) is 11.5 Å². The molecule has 3 nitrogen and oxygen atoms in total. The van der Waals surface area contributed by atoms with E-state index >= 15 is 0 Å². The molecule has 0 spiro atoms. The molecule has 0 radical (unpaired) electrons. The van der Waals surface area contributed by atoms with E-state index in [-0.39, 0.29) is 28.9 Å².